The predicted molar refractivity (Wildman–Crippen MR) is 40.2 cm³/mol. The Morgan fingerprint density at radius 2 is 2.00 bits per heavy atom. The molecular formula is C8H9BrMg. The van der Waals surface area contributed by atoms with Crippen LogP contribution in [-0.4, -0.2) is 23.1 Å². The Balaban J connectivity index is -0.000000245. The van der Waals surface area contributed by atoms with Gasteiger partial charge in [-0.05, 0) is 12.8 Å². The van der Waals surface area contributed by atoms with Gasteiger partial charge in [-0.15, -0.1) is 0 Å². The van der Waals surface area contributed by atoms with E-state index in [4.69, 9.17) is 6.42 Å². The summed E-state index contributed by atoms with van der Waals surface area (Å²) >= 11 is 0. The molecule has 0 aliphatic rings. The van der Waals surface area contributed by atoms with Crippen LogP contribution in [0, 0.1) is 24.2 Å². The standard InChI is InChI=1S/C8H9.BrH.Mg/c1-3-5-7-8-6-4-2;;/h3,5,7H2,1H3;1H;/q-1;;+2/p-1. The molecule has 10 heavy (non-hydrogen) atoms. The smallest absolute Gasteiger partial charge is 1.00 e. The van der Waals surface area contributed by atoms with Crippen LogP contribution in [0.4, 0.5) is 0 Å². The first-order chi connectivity index (χ1) is 3.91. The van der Waals surface area contributed by atoms with Gasteiger partial charge in [-0.3, -0.25) is 11.8 Å². The van der Waals surface area contributed by atoms with E-state index in [1.807, 2.05) is 5.92 Å². The molecule has 0 aromatic heterocycles. The molecule has 0 aromatic carbocycles. The molecule has 0 heterocycles. The van der Waals surface area contributed by atoms with Crippen LogP contribution in [-0.2, 0) is 0 Å². The van der Waals surface area contributed by atoms with Crippen molar-refractivity contribution in [2.24, 2.45) is 0 Å². The van der Waals surface area contributed by atoms with E-state index < -0.39 is 0 Å². The van der Waals surface area contributed by atoms with Crippen molar-refractivity contribution >= 4 is 23.1 Å². The molecule has 0 spiro atoms. The van der Waals surface area contributed by atoms with Crippen LogP contribution < -0.4 is 17.0 Å². The Hall–Kier alpha value is 0.366. The summed E-state index contributed by atoms with van der Waals surface area (Å²) in [7, 11) is 0. The molecule has 0 saturated heterocycles. The average Bonchev–Trinajstić information content (AvgIpc) is 1.81. The summed E-state index contributed by atoms with van der Waals surface area (Å²) in [5, 5.41) is 0. The third-order valence-corrected chi connectivity index (χ3v) is 0.806. The maximum Gasteiger partial charge on any atom is 2.00 e. The van der Waals surface area contributed by atoms with Gasteiger partial charge in [0.1, 0.15) is 0 Å². The van der Waals surface area contributed by atoms with Gasteiger partial charge in [0.05, 0.1) is 0 Å². The van der Waals surface area contributed by atoms with Gasteiger partial charge >= 0.3 is 23.1 Å². The normalized spacial score (nSPS) is 5.20. The first-order valence-electron chi connectivity index (χ1n) is 2.81. The third kappa shape index (κ3) is 15.8. The molecule has 0 aromatic rings. The van der Waals surface area contributed by atoms with Crippen LogP contribution >= 0.6 is 0 Å². The van der Waals surface area contributed by atoms with E-state index in [2.05, 4.69) is 18.8 Å². The summed E-state index contributed by atoms with van der Waals surface area (Å²) in [6.45, 7) is 2.12. The Kier molecular flexibility index (Phi) is 27.1. The van der Waals surface area contributed by atoms with Gasteiger partial charge in [0, 0.05) is 0 Å². The summed E-state index contributed by atoms with van der Waals surface area (Å²) in [5.41, 5.74) is 0. The van der Waals surface area contributed by atoms with Gasteiger partial charge in [-0.25, -0.2) is 5.92 Å². The van der Waals surface area contributed by atoms with Crippen LogP contribution in [0.15, 0.2) is 0 Å². The third-order valence-electron chi connectivity index (χ3n) is 0.806. The Bertz CT molecular complexity index is 136. The second kappa shape index (κ2) is 16.2. The zero-order chi connectivity index (χ0) is 6.24. The van der Waals surface area contributed by atoms with Gasteiger partial charge in [0.25, 0.3) is 0 Å². The quantitative estimate of drug-likeness (QED) is 0.222. The minimum absolute atomic E-state index is 0. The Morgan fingerprint density at radius 1 is 1.40 bits per heavy atom. The predicted octanol–water partition coefficient (Wildman–Crippen LogP) is -1.61. The average molecular weight is 209 g/mol. The molecule has 0 N–H and O–H groups in total. The first-order valence-corrected chi connectivity index (χ1v) is 2.81. The van der Waals surface area contributed by atoms with E-state index >= 15 is 0 Å². The number of unbranched alkanes of at least 4 members (excludes halogenated alkanes) is 2. The Labute approximate surface area is 90.1 Å². The molecule has 0 amide bonds. The number of halogens is 1. The molecule has 0 aliphatic heterocycles. The van der Waals surface area contributed by atoms with E-state index in [0.717, 1.165) is 12.8 Å². The van der Waals surface area contributed by atoms with Gasteiger partial charge in [0.2, 0.25) is 0 Å². The van der Waals surface area contributed by atoms with Crippen molar-refractivity contribution < 1.29 is 17.0 Å². The van der Waals surface area contributed by atoms with E-state index in [1.54, 1.807) is 0 Å². The van der Waals surface area contributed by atoms with Gasteiger partial charge in [-0.1, -0.05) is 13.3 Å². The van der Waals surface area contributed by atoms with Crippen molar-refractivity contribution in [2.75, 3.05) is 0 Å². The summed E-state index contributed by atoms with van der Waals surface area (Å²) in [6.07, 6.45) is 9.63. The molecule has 0 bridgehead atoms. The molecule has 0 saturated carbocycles. The van der Waals surface area contributed by atoms with Crippen LogP contribution in [0.1, 0.15) is 26.2 Å². The van der Waals surface area contributed by atoms with Crippen molar-refractivity contribution in [1.29, 1.82) is 0 Å². The SMILES string of the molecule is [Br-].[C-]#CC#CCCCC.[Mg+2]. The molecule has 0 nitrogen and oxygen atoms in total. The zero-order valence-electron chi connectivity index (χ0n) is 6.21. The summed E-state index contributed by atoms with van der Waals surface area (Å²) in [4.78, 5) is 0. The van der Waals surface area contributed by atoms with Crippen LogP contribution in [0.3, 0.4) is 0 Å². The minimum Gasteiger partial charge on any atom is -1.00 e. The molecule has 0 radical (unpaired) electrons. The monoisotopic (exact) mass is 208 g/mol. The fourth-order valence-corrected chi connectivity index (χ4v) is 0.372. The van der Waals surface area contributed by atoms with Crippen molar-refractivity contribution in [2.45, 2.75) is 26.2 Å². The van der Waals surface area contributed by atoms with Gasteiger partial charge in [-0.2, -0.15) is 0 Å². The molecule has 0 atom stereocenters. The number of hydrogen-bond donors (Lipinski definition) is 0. The van der Waals surface area contributed by atoms with Crippen molar-refractivity contribution in [3.05, 3.63) is 6.42 Å². The van der Waals surface area contributed by atoms with Crippen LogP contribution in [0.2, 0.25) is 0 Å². The van der Waals surface area contributed by atoms with Gasteiger partial charge < -0.3 is 23.4 Å². The van der Waals surface area contributed by atoms with E-state index in [9.17, 15) is 0 Å². The second-order valence-corrected chi connectivity index (χ2v) is 1.53. The fraction of sp³-hybridized carbons (Fsp3) is 0.500. The topological polar surface area (TPSA) is 0 Å². The van der Waals surface area contributed by atoms with E-state index in [0.29, 0.717) is 0 Å². The molecule has 50 valence electrons. The number of hydrogen-bond acceptors (Lipinski definition) is 0. The van der Waals surface area contributed by atoms with E-state index in [-0.39, 0.29) is 40.0 Å². The molecular weight excluding hydrogens is 200 g/mol. The van der Waals surface area contributed by atoms with Crippen molar-refractivity contribution in [3.8, 4) is 17.8 Å². The van der Waals surface area contributed by atoms with E-state index in [1.165, 1.54) is 6.42 Å². The summed E-state index contributed by atoms with van der Waals surface area (Å²) in [5.74, 6) is 7.25. The minimum atomic E-state index is 0. The second-order valence-electron chi connectivity index (χ2n) is 1.53. The number of rotatable bonds is 2. The molecule has 0 unspecified atom stereocenters. The fourth-order valence-electron chi connectivity index (χ4n) is 0.372. The Morgan fingerprint density at radius 3 is 2.40 bits per heavy atom. The molecule has 0 aliphatic carbocycles. The van der Waals surface area contributed by atoms with Crippen LogP contribution in [0.25, 0.3) is 0 Å². The molecule has 2 heteroatoms. The maximum atomic E-state index is 6.41. The first kappa shape index (κ1) is 16.8. The summed E-state index contributed by atoms with van der Waals surface area (Å²) in [6, 6.07) is 0. The zero-order valence-corrected chi connectivity index (χ0v) is 9.21. The molecule has 0 rings (SSSR count). The largest absolute Gasteiger partial charge is 2.00 e. The van der Waals surface area contributed by atoms with Gasteiger partial charge in [0.15, 0.2) is 0 Å². The summed E-state index contributed by atoms with van der Waals surface area (Å²) < 4.78 is 0. The molecule has 0 fully saturated rings. The maximum absolute atomic E-state index is 6.41. The van der Waals surface area contributed by atoms with Crippen molar-refractivity contribution in [3.63, 3.8) is 0 Å². The van der Waals surface area contributed by atoms with Crippen LogP contribution in [0.5, 0.6) is 0 Å². The van der Waals surface area contributed by atoms with Crippen molar-refractivity contribution in [1.82, 2.24) is 0 Å².